The van der Waals surface area contributed by atoms with Crippen molar-refractivity contribution in [3.05, 3.63) is 182 Å². The van der Waals surface area contributed by atoms with Crippen molar-refractivity contribution in [2.45, 2.75) is 0 Å². The molecule has 236 valence electrons. The molecule has 0 nitrogen and oxygen atoms in total. The summed E-state index contributed by atoms with van der Waals surface area (Å²) in [6, 6.07) is 67.4. The van der Waals surface area contributed by atoms with Crippen LogP contribution in [0.2, 0.25) is 0 Å². The highest BCUT2D eigenvalue weighted by Gasteiger charge is 2.13. The molecule has 11 rings (SSSR count). The molecule has 0 unspecified atom stereocenters. The van der Waals surface area contributed by atoms with Crippen molar-refractivity contribution in [3.63, 3.8) is 0 Å². The van der Waals surface area contributed by atoms with Crippen LogP contribution in [0, 0.1) is 0 Å². The van der Waals surface area contributed by atoms with Crippen LogP contribution in [0.4, 0.5) is 0 Å². The van der Waals surface area contributed by atoms with E-state index in [2.05, 4.69) is 182 Å². The van der Waals surface area contributed by atoms with Crippen molar-refractivity contribution < 1.29 is 0 Å². The average molecular weight is 663 g/mol. The molecule has 11 aromatic rings. The maximum absolute atomic E-state index is 2.39. The lowest BCUT2D eigenvalue weighted by molar-refractivity contribution is 1.59. The topological polar surface area (TPSA) is 0 Å². The SMILES string of the molecule is c1cc(-c2ccc(-c3ccc4ccc5ccc6c7ccccc7sc6c5c4c3)cc2)cc(-c2ccc3c4ccccc4c4ccccc4c3c2)c1. The quantitative estimate of drug-likeness (QED) is 0.165. The Morgan fingerprint density at radius 3 is 1.43 bits per heavy atom. The minimum atomic E-state index is 1.22. The van der Waals surface area contributed by atoms with E-state index in [0.29, 0.717) is 0 Å². The summed E-state index contributed by atoms with van der Waals surface area (Å²) in [6.45, 7) is 0. The van der Waals surface area contributed by atoms with Gasteiger partial charge in [0.1, 0.15) is 0 Å². The molecule has 0 saturated heterocycles. The molecule has 0 saturated carbocycles. The summed E-state index contributed by atoms with van der Waals surface area (Å²) in [5.74, 6) is 0. The minimum absolute atomic E-state index is 1.22. The van der Waals surface area contributed by atoms with Gasteiger partial charge in [-0.15, -0.1) is 11.3 Å². The monoisotopic (exact) mass is 662 g/mol. The van der Waals surface area contributed by atoms with Crippen LogP contribution < -0.4 is 0 Å². The molecular weight excluding hydrogens is 633 g/mol. The molecular formula is C50H30S. The van der Waals surface area contributed by atoms with Crippen LogP contribution in [-0.4, -0.2) is 0 Å². The predicted octanol–water partition coefficient (Wildman–Crippen LogP) is 14.8. The van der Waals surface area contributed by atoms with Crippen LogP contribution in [0.15, 0.2) is 182 Å². The van der Waals surface area contributed by atoms with Gasteiger partial charge in [-0.1, -0.05) is 158 Å². The van der Waals surface area contributed by atoms with Crippen LogP contribution >= 0.6 is 11.3 Å². The summed E-state index contributed by atoms with van der Waals surface area (Å²) in [5, 5.41) is 15.8. The molecule has 0 fully saturated rings. The smallest absolute Gasteiger partial charge is 0.0440 e. The van der Waals surface area contributed by atoms with Crippen LogP contribution in [-0.2, 0) is 0 Å². The van der Waals surface area contributed by atoms with Gasteiger partial charge in [-0.05, 0) is 106 Å². The van der Waals surface area contributed by atoms with Gasteiger partial charge in [0.25, 0.3) is 0 Å². The lowest BCUT2D eigenvalue weighted by Gasteiger charge is -2.13. The van der Waals surface area contributed by atoms with Crippen molar-refractivity contribution in [1.82, 2.24) is 0 Å². The predicted molar refractivity (Wildman–Crippen MR) is 223 cm³/mol. The van der Waals surface area contributed by atoms with Gasteiger partial charge in [0.2, 0.25) is 0 Å². The molecule has 1 heterocycles. The summed E-state index contributed by atoms with van der Waals surface area (Å²) < 4.78 is 2.72. The second-order valence-corrected chi connectivity index (χ2v) is 14.7. The summed E-state index contributed by atoms with van der Waals surface area (Å²) in [5.41, 5.74) is 7.37. The first-order valence-corrected chi connectivity index (χ1v) is 18.4. The van der Waals surface area contributed by atoms with Crippen molar-refractivity contribution in [3.8, 4) is 33.4 Å². The highest BCUT2D eigenvalue weighted by Crippen LogP contribution is 2.42. The van der Waals surface area contributed by atoms with E-state index < -0.39 is 0 Å². The highest BCUT2D eigenvalue weighted by atomic mass is 32.1. The number of hydrogen-bond acceptors (Lipinski definition) is 1. The normalized spacial score (nSPS) is 11.9. The van der Waals surface area contributed by atoms with E-state index in [1.54, 1.807) is 0 Å². The summed E-state index contributed by atoms with van der Waals surface area (Å²) in [7, 11) is 0. The van der Waals surface area contributed by atoms with Crippen LogP contribution in [0.1, 0.15) is 0 Å². The lowest BCUT2D eigenvalue weighted by Crippen LogP contribution is -1.86. The number of hydrogen-bond donors (Lipinski definition) is 0. The van der Waals surface area contributed by atoms with Gasteiger partial charge in [0.05, 0.1) is 0 Å². The van der Waals surface area contributed by atoms with E-state index >= 15 is 0 Å². The second kappa shape index (κ2) is 11.1. The Labute approximate surface area is 299 Å². The third kappa shape index (κ3) is 4.45. The molecule has 0 aliphatic heterocycles. The molecule has 0 radical (unpaired) electrons. The minimum Gasteiger partial charge on any atom is -0.135 e. The third-order valence-corrected chi connectivity index (χ3v) is 12.0. The molecule has 0 amide bonds. The van der Waals surface area contributed by atoms with Crippen LogP contribution in [0.5, 0.6) is 0 Å². The molecule has 1 aromatic heterocycles. The summed E-state index contributed by atoms with van der Waals surface area (Å²) >= 11 is 1.91. The largest absolute Gasteiger partial charge is 0.135 e. The molecule has 0 aliphatic carbocycles. The molecule has 0 spiro atoms. The molecule has 0 N–H and O–H groups in total. The Morgan fingerprint density at radius 2 is 0.706 bits per heavy atom. The maximum Gasteiger partial charge on any atom is 0.0440 e. The van der Waals surface area contributed by atoms with E-state index in [-0.39, 0.29) is 0 Å². The number of fused-ring (bicyclic) bond motifs is 13. The number of rotatable bonds is 3. The van der Waals surface area contributed by atoms with E-state index in [9.17, 15) is 0 Å². The van der Waals surface area contributed by atoms with Gasteiger partial charge < -0.3 is 0 Å². The Kier molecular flexibility index (Phi) is 6.22. The zero-order chi connectivity index (χ0) is 33.5. The lowest BCUT2D eigenvalue weighted by atomic mass is 9.91. The Hall–Kier alpha value is -6.28. The van der Waals surface area contributed by atoms with Crippen LogP contribution in [0.25, 0.3) is 107 Å². The van der Waals surface area contributed by atoms with Gasteiger partial charge in [-0.25, -0.2) is 0 Å². The zero-order valence-corrected chi connectivity index (χ0v) is 28.5. The molecule has 10 aromatic carbocycles. The van der Waals surface area contributed by atoms with Crippen LogP contribution in [0.3, 0.4) is 0 Å². The van der Waals surface area contributed by atoms with Gasteiger partial charge in [0, 0.05) is 25.6 Å². The first kappa shape index (κ1) is 28.5. The van der Waals surface area contributed by atoms with Crippen molar-refractivity contribution in [1.29, 1.82) is 0 Å². The first-order valence-electron chi connectivity index (χ1n) is 17.6. The molecule has 0 bridgehead atoms. The Balaban J connectivity index is 0.981. The van der Waals surface area contributed by atoms with Crippen molar-refractivity contribution in [2.24, 2.45) is 0 Å². The number of benzene rings is 10. The van der Waals surface area contributed by atoms with Gasteiger partial charge in [-0.2, -0.15) is 0 Å². The molecule has 0 atom stereocenters. The molecule has 51 heavy (non-hydrogen) atoms. The summed E-state index contributed by atoms with van der Waals surface area (Å²) in [4.78, 5) is 0. The van der Waals surface area contributed by atoms with Crippen molar-refractivity contribution in [2.75, 3.05) is 0 Å². The van der Waals surface area contributed by atoms with E-state index in [4.69, 9.17) is 0 Å². The fraction of sp³-hybridized carbons (Fsp3) is 0. The first-order chi connectivity index (χ1) is 25.3. The molecule has 0 aliphatic rings. The van der Waals surface area contributed by atoms with E-state index in [1.165, 1.54) is 107 Å². The summed E-state index contributed by atoms with van der Waals surface area (Å²) in [6.07, 6.45) is 0. The molecule has 1 heteroatoms. The zero-order valence-electron chi connectivity index (χ0n) is 27.7. The highest BCUT2D eigenvalue weighted by molar-refractivity contribution is 7.26. The van der Waals surface area contributed by atoms with E-state index in [1.807, 2.05) is 11.3 Å². The fourth-order valence-corrected chi connectivity index (χ4v) is 9.59. The standard InChI is InChI=1S/C50H30S/c1-2-12-41-39(10-1)40-11-3-4-13-42(40)47-30-38(25-26-43(41)47)36-9-7-8-35(28-36)31-16-18-32(19-17-31)37-23-21-33-20-22-34-24-27-45-44-14-5-6-15-48(44)51-50(45)49(34)46(33)29-37/h1-30H. The Morgan fingerprint density at radius 1 is 0.255 bits per heavy atom. The maximum atomic E-state index is 2.39. The van der Waals surface area contributed by atoms with Gasteiger partial charge >= 0.3 is 0 Å². The van der Waals surface area contributed by atoms with Gasteiger partial charge in [0.15, 0.2) is 0 Å². The van der Waals surface area contributed by atoms with Crippen molar-refractivity contribution >= 4 is 85.4 Å². The second-order valence-electron chi connectivity index (χ2n) is 13.6. The average Bonchev–Trinajstić information content (AvgIpc) is 3.59. The van der Waals surface area contributed by atoms with E-state index in [0.717, 1.165) is 0 Å². The van der Waals surface area contributed by atoms with Gasteiger partial charge in [-0.3, -0.25) is 0 Å². The third-order valence-electron chi connectivity index (χ3n) is 10.8. The number of thiophene rings is 1. The fourth-order valence-electron chi connectivity index (χ4n) is 8.32. The Bertz CT molecular complexity index is 3140.